The topological polar surface area (TPSA) is 59.6 Å². The highest BCUT2D eigenvalue weighted by Crippen LogP contribution is 2.21. The van der Waals surface area contributed by atoms with Crippen LogP contribution in [-0.4, -0.2) is 0 Å². The van der Waals surface area contributed by atoms with Crippen LogP contribution in [0.2, 0.25) is 5.02 Å². The van der Waals surface area contributed by atoms with E-state index in [1.807, 2.05) is 6.07 Å². The van der Waals surface area contributed by atoms with E-state index in [0.29, 0.717) is 21.8 Å². The molecule has 0 fully saturated rings. The van der Waals surface area contributed by atoms with Gasteiger partial charge >= 0.3 is 0 Å². The Balaban J connectivity index is 2.16. The zero-order valence-electron chi connectivity index (χ0n) is 10.3. The summed E-state index contributed by atoms with van der Waals surface area (Å²) in [6, 6.07) is 13.3. The fraction of sp³-hybridized carbons (Fsp3) is 0.0667. The molecular formula is C15H9ClFN3. The van der Waals surface area contributed by atoms with Crippen molar-refractivity contribution in [2.45, 2.75) is 6.54 Å². The van der Waals surface area contributed by atoms with E-state index in [1.54, 1.807) is 36.4 Å². The third-order valence-electron chi connectivity index (χ3n) is 2.77. The molecule has 0 spiro atoms. The van der Waals surface area contributed by atoms with Crippen molar-refractivity contribution in [1.29, 1.82) is 10.5 Å². The minimum atomic E-state index is -0.526. The number of benzene rings is 2. The van der Waals surface area contributed by atoms with Crippen molar-refractivity contribution >= 4 is 17.3 Å². The molecule has 0 aliphatic rings. The van der Waals surface area contributed by atoms with Gasteiger partial charge in [-0.05, 0) is 24.3 Å². The molecule has 0 amide bonds. The number of anilines is 1. The van der Waals surface area contributed by atoms with E-state index in [1.165, 1.54) is 6.07 Å². The van der Waals surface area contributed by atoms with Crippen LogP contribution >= 0.6 is 11.6 Å². The molecule has 0 heterocycles. The van der Waals surface area contributed by atoms with Crippen molar-refractivity contribution in [1.82, 2.24) is 0 Å². The molecule has 2 aromatic carbocycles. The van der Waals surface area contributed by atoms with E-state index < -0.39 is 5.82 Å². The molecule has 3 nitrogen and oxygen atoms in total. The first kappa shape index (κ1) is 13.9. The molecule has 20 heavy (non-hydrogen) atoms. The Kier molecular flexibility index (Phi) is 4.20. The van der Waals surface area contributed by atoms with Gasteiger partial charge in [0.15, 0.2) is 0 Å². The van der Waals surface area contributed by atoms with E-state index in [2.05, 4.69) is 5.32 Å². The Morgan fingerprint density at radius 2 is 1.85 bits per heavy atom. The van der Waals surface area contributed by atoms with Gasteiger partial charge in [0.05, 0.1) is 16.1 Å². The number of nitrogens with one attached hydrogen (secondary N) is 1. The van der Waals surface area contributed by atoms with Crippen LogP contribution in [0.1, 0.15) is 16.7 Å². The average molecular weight is 286 g/mol. The molecule has 98 valence electrons. The van der Waals surface area contributed by atoms with Crippen LogP contribution < -0.4 is 5.32 Å². The fourth-order valence-corrected chi connectivity index (χ4v) is 1.94. The molecular weight excluding hydrogens is 277 g/mol. The zero-order valence-corrected chi connectivity index (χ0v) is 11.1. The van der Waals surface area contributed by atoms with Crippen LogP contribution in [-0.2, 0) is 6.54 Å². The molecule has 0 aliphatic heterocycles. The van der Waals surface area contributed by atoms with Gasteiger partial charge in [0.1, 0.15) is 18.0 Å². The summed E-state index contributed by atoms with van der Waals surface area (Å²) in [6.45, 7) is 0.226. The Bertz CT molecular complexity index is 729. The quantitative estimate of drug-likeness (QED) is 0.932. The van der Waals surface area contributed by atoms with Crippen LogP contribution in [0.4, 0.5) is 10.1 Å². The molecule has 2 aromatic rings. The highest BCUT2D eigenvalue weighted by Gasteiger charge is 2.07. The molecule has 0 unspecified atom stereocenters. The Labute approximate surface area is 120 Å². The van der Waals surface area contributed by atoms with Crippen molar-refractivity contribution in [2.75, 3.05) is 5.32 Å². The van der Waals surface area contributed by atoms with E-state index in [0.717, 1.165) is 0 Å². The van der Waals surface area contributed by atoms with Gasteiger partial charge in [0.2, 0.25) is 0 Å². The maximum absolute atomic E-state index is 13.8. The standard InChI is InChI=1S/C15H9ClFN3/c16-14-6-13(5-4-10(14)7-18)20-9-12-3-1-2-11(8-19)15(12)17/h1-6,20H,9H2. The largest absolute Gasteiger partial charge is 0.381 e. The van der Waals surface area contributed by atoms with Gasteiger partial charge in [-0.25, -0.2) is 4.39 Å². The SMILES string of the molecule is N#Cc1ccc(NCc2cccc(C#N)c2F)cc1Cl. The molecule has 0 atom stereocenters. The molecule has 0 aromatic heterocycles. The minimum absolute atomic E-state index is 0.0159. The lowest BCUT2D eigenvalue weighted by Crippen LogP contribution is -2.03. The van der Waals surface area contributed by atoms with Crippen LogP contribution in [0.5, 0.6) is 0 Å². The van der Waals surface area contributed by atoms with E-state index >= 15 is 0 Å². The predicted molar refractivity (Wildman–Crippen MR) is 74.6 cm³/mol. The Hall–Kier alpha value is -2.56. The summed E-state index contributed by atoms with van der Waals surface area (Å²) in [7, 11) is 0. The van der Waals surface area contributed by atoms with Gasteiger partial charge in [-0.1, -0.05) is 23.7 Å². The molecule has 0 saturated carbocycles. The maximum atomic E-state index is 13.8. The number of rotatable bonds is 3. The van der Waals surface area contributed by atoms with E-state index in [4.69, 9.17) is 22.1 Å². The smallest absolute Gasteiger partial charge is 0.145 e. The van der Waals surface area contributed by atoms with Crippen molar-refractivity contribution in [3.8, 4) is 12.1 Å². The fourth-order valence-electron chi connectivity index (χ4n) is 1.72. The first-order valence-electron chi connectivity index (χ1n) is 5.76. The van der Waals surface area contributed by atoms with Crippen molar-refractivity contribution < 1.29 is 4.39 Å². The van der Waals surface area contributed by atoms with E-state index in [-0.39, 0.29) is 12.1 Å². The second-order valence-corrected chi connectivity index (χ2v) is 4.46. The lowest BCUT2D eigenvalue weighted by Gasteiger charge is -2.09. The molecule has 2 rings (SSSR count). The predicted octanol–water partition coefficient (Wildman–Crippen LogP) is 3.83. The van der Waals surface area contributed by atoms with Crippen LogP contribution in [0.25, 0.3) is 0 Å². The second kappa shape index (κ2) is 6.06. The third-order valence-corrected chi connectivity index (χ3v) is 3.08. The first-order valence-corrected chi connectivity index (χ1v) is 6.14. The molecule has 1 N–H and O–H groups in total. The molecule has 5 heteroatoms. The number of nitriles is 2. The van der Waals surface area contributed by atoms with E-state index in [9.17, 15) is 4.39 Å². The summed E-state index contributed by atoms with van der Waals surface area (Å²) in [6.07, 6.45) is 0. The van der Waals surface area contributed by atoms with Crippen LogP contribution in [0.15, 0.2) is 36.4 Å². The van der Waals surface area contributed by atoms with Crippen molar-refractivity contribution in [2.24, 2.45) is 0 Å². The lowest BCUT2D eigenvalue weighted by molar-refractivity contribution is 0.609. The summed E-state index contributed by atoms with van der Waals surface area (Å²) < 4.78 is 13.8. The normalized spacial score (nSPS) is 9.60. The number of nitrogens with zero attached hydrogens (tertiary/aromatic N) is 2. The number of hydrogen-bond acceptors (Lipinski definition) is 3. The van der Waals surface area contributed by atoms with Gasteiger partial charge < -0.3 is 5.32 Å². The second-order valence-electron chi connectivity index (χ2n) is 4.05. The summed E-state index contributed by atoms with van der Waals surface area (Å²) in [5.74, 6) is -0.526. The highest BCUT2D eigenvalue weighted by atomic mass is 35.5. The van der Waals surface area contributed by atoms with Gasteiger partial charge in [0, 0.05) is 17.8 Å². The average Bonchev–Trinajstić information content (AvgIpc) is 2.46. The molecule has 0 aliphatic carbocycles. The number of hydrogen-bond donors (Lipinski definition) is 1. The third kappa shape index (κ3) is 2.88. The van der Waals surface area contributed by atoms with Gasteiger partial charge in [-0.3, -0.25) is 0 Å². The van der Waals surface area contributed by atoms with Crippen LogP contribution in [0, 0.1) is 28.5 Å². The minimum Gasteiger partial charge on any atom is -0.381 e. The van der Waals surface area contributed by atoms with Crippen molar-refractivity contribution in [3.63, 3.8) is 0 Å². The molecule has 0 saturated heterocycles. The number of halogens is 2. The highest BCUT2D eigenvalue weighted by molar-refractivity contribution is 6.32. The summed E-state index contributed by atoms with van der Waals surface area (Å²) in [4.78, 5) is 0. The zero-order chi connectivity index (χ0) is 14.5. The summed E-state index contributed by atoms with van der Waals surface area (Å²) >= 11 is 5.91. The van der Waals surface area contributed by atoms with Gasteiger partial charge in [-0.2, -0.15) is 10.5 Å². The monoisotopic (exact) mass is 285 g/mol. The van der Waals surface area contributed by atoms with Crippen molar-refractivity contribution in [3.05, 3.63) is 63.9 Å². The van der Waals surface area contributed by atoms with Crippen LogP contribution in [0.3, 0.4) is 0 Å². The molecule has 0 radical (unpaired) electrons. The van der Waals surface area contributed by atoms with Gasteiger partial charge in [0.25, 0.3) is 0 Å². The Morgan fingerprint density at radius 3 is 2.50 bits per heavy atom. The molecule has 0 bridgehead atoms. The lowest BCUT2D eigenvalue weighted by atomic mass is 10.1. The Morgan fingerprint density at radius 1 is 1.10 bits per heavy atom. The summed E-state index contributed by atoms with van der Waals surface area (Å²) in [5.41, 5.74) is 1.47. The summed E-state index contributed by atoms with van der Waals surface area (Å²) in [5, 5.41) is 20.9. The van der Waals surface area contributed by atoms with Gasteiger partial charge in [-0.15, -0.1) is 0 Å². The maximum Gasteiger partial charge on any atom is 0.145 e. The first-order chi connectivity index (χ1) is 9.65.